The maximum Gasteiger partial charge on any atom is 0.377 e. The van der Waals surface area contributed by atoms with Crippen LogP contribution in [0.2, 0.25) is 0 Å². The molecule has 434 valence electrons. The van der Waals surface area contributed by atoms with Crippen LogP contribution in [0, 0.1) is 0 Å². The summed E-state index contributed by atoms with van der Waals surface area (Å²) in [6.07, 6.45) is 41.5. The largest absolute Gasteiger partial charge is 0.606 e. The minimum atomic E-state index is -4.16. The van der Waals surface area contributed by atoms with E-state index in [0.29, 0.717) is 61.7 Å². The van der Waals surface area contributed by atoms with Crippen LogP contribution < -0.4 is 9.79 Å². The van der Waals surface area contributed by atoms with Gasteiger partial charge in [-0.1, -0.05) is 206 Å². The Balaban J connectivity index is 4.01. The van der Waals surface area contributed by atoms with Crippen molar-refractivity contribution in [2.24, 2.45) is 0 Å². The van der Waals surface area contributed by atoms with Crippen LogP contribution in [0.5, 0.6) is 0 Å². The van der Waals surface area contributed by atoms with Gasteiger partial charge in [0.25, 0.3) is 0 Å². The van der Waals surface area contributed by atoms with Gasteiger partial charge in [0.05, 0.1) is 55.5 Å². The van der Waals surface area contributed by atoms with Crippen LogP contribution in [0.15, 0.2) is 0 Å². The molecule has 0 heterocycles. The topological polar surface area (TPSA) is 160 Å². The molecule has 2 unspecified atom stereocenters. The number of hydrogen-bond donors (Lipinski definition) is 2. The normalized spacial score (nSPS) is 15.0. The quantitative estimate of drug-likeness (QED) is 0.0338. The van der Waals surface area contributed by atoms with E-state index in [-0.39, 0.29) is 26.4 Å². The van der Waals surface area contributed by atoms with Crippen molar-refractivity contribution in [3.63, 3.8) is 0 Å². The molecule has 0 aliphatic rings. The van der Waals surface area contributed by atoms with Gasteiger partial charge in [0, 0.05) is 26.4 Å². The highest BCUT2D eigenvalue weighted by Crippen LogP contribution is 2.48. The summed E-state index contributed by atoms with van der Waals surface area (Å²) in [7, 11) is 3.74. The zero-order valence-electron chi connectivity index (χ0n) is 48.4. The Labute approximate surface area is 446 Å². The summed E-state index contributed by atoms with van der Waals surface area (Å²) in [5.74, 6) is 0. The minimum Gasteiger partial charge on any atom is -0.606 e. The average Bonchev–Trinajstić information content (AvgIpc) is 3.31. The standard InChI is InChI=1S/C56H118N2O12P2/c1-9-11-13-15-17-33-37-41-47-65-55(53-69-71(59,60)67-49-43-57(3,4)5)51-63-45-39-35-31-29-27-25-23-21-19-20-22-24-26-28-30-32-36-40-46-64-52-56(66-48-42-38-34-18-16-14-12-10-2)54-70-72(61,62)68-50-44-58(6,7)8/h55-56H,9-54H2,1-8H3/p+2/t55-,56-/m1/s1. The fourth-order valence-corrected chi connectivity index (χ4v) is 9.70. The predicted octanol–water partition coefficient (Wildman–Crippen LogP) is 12.6. The summed E-state index contributed by atoms with van der Waals surface area (Å²) < 4.78 is 46.5. The molecular weight excluding hydrogens is 955 g/mol. The maximum absolute atomic E-state index is 12.5. The highest BCUT2D eigenvalue weighted by atomic mass is 31.2. The summed E-state index contributed by atoms with van der Waals surface area (Å²) in [5, 5.41) is 0. The summed E-state index contributed by atoms with van der Waals surface area (Å²) in [5.41, 5.74) is 0. The van der Waals surface area contributed by atoms with Gasteiger partial charge in [-0.05, 0) is 25.7 Å². The summed E-state index contributed by atoms with van der Waals surface area (Å²) >= 11 is 0. The first-order valence-corrected chi connectivity index (χ1v) is 32.7. The van der Waals surface area contributed by atoms with Crippen molar-refractivity contribution in [3.05, 3.63) is 0 Å². The Hall–Kier alpha value is 0.300. The number of ether oxygens (including phenoxy) is 4. The van der Waals surface area contributed by atoms with Crippen molar-refractivity contribution in [2.75, 3.05) is 121 Å². The molecule has 14 nitrogen and oxygen atoms in total. The van der Waals surface area contributed by atoms with Gasteiger partial charge in [-0.15, -0.1) is 0 Å². The molecule has 0 aliphatic heterocycles. The molecule has 0 saturated carbocycles. The third-order valence-electron chi connectivity index (χ3n) is 13.0. The fourth-order valence-electron chi connectivity index (χ4n) is 8.22. The van der Waals surface area contributed by atoms with E-state index >= 15 is 0 Å². The molecule has 0 bridgehead atoms. The van der Waals surface area contributed by atoms with Crippen molar-refractivity contribution in [2.45, 2.75) is 244 Å². The van der Waals surface area contributed by atoms with Gasteiger partial charge in [0.2, 0.25) is 0 Å². The van der Waals surface area contributed by atoms with Crippen LogP contribution >= 0.6 is 16.3 Å². The molecule has 0 rings (SSSR count). The zero-order valence-corrected chi connectivity index (χ0v) is 50.2. The lowest BCUT2D eigenvalue weighted by atomic mass is 10.0. The van der Waals surface area contributed by atoms with Crippen LogP contribution in [0.4, 0.5) is 0 Å². The molecule has 2 N–H and O–H groups in total. The molecule has 0 aromatic heterocycles. The second kappa shape index (κ2) is 49.6. The van der Waals surface area contributed by atoms with Gasteiger partial charge >= 0.3 is 16.3 Å². The highest BCUT2D eigenvalue weighted by molar-refractivity contribution is 7.53. The number of unbranched alkanes of at least 4 members (excludes halogenated alkanes) is 31. The smallest absolute Gasteiger partial charge is 0.377 e. The highest BCUT2D eigenvalue weighted by Gasteiger charge is 2.31. The van der Waals surface area contributed by atoms with E-state index in [1.165, 1.54) is 167 Å². The predicted molar refractivity (Wildman–Crippen MR) is 297 cm³/mol. The summed E-state index contributed by atoms with van der Waals surface area (Å²) in [6.45, 7) is 9.14. The van der Waals surface area contributed by atoms with Crippen molar-refractivity contribution < 1.29 is 65.6 Å². The van der Waals surface area contributed by atoms with E-state index in [1.54, 1.807) is 0 Å². The van der Waals surface area contributed by atoms with Gasteiger partial charge in [-0.25, -0.2) is 0 Å². The second-order valence-corrected chi connectivity index (χ2v) is 25.6. The molecule has 0 amide bonds. The molecule has 0 spiro atoms. The molecule has 0 aromatic carbocycles. The summed E-state index contributed by atoms with van der Waals surface area (Å²) in [6, 6.07) is 0. The lowest BCUT2D eigenvalue weighted by Crippen LogP contribution is -2.38. The monoisotopic (exact) mass is 1070 g/mol. The van der Waals surface area contributed by atoms with E-state index < -0.39 is 28.5 Å². The number of phosphoric ester groups is 2. The Morgan fingerprint density at radius 2 is 0.556 bits per heavy atom. The van der Waals surface area contributed by atoms with E-state index in [0.717, 1.165) is 51.4 Å². The average molecular weight is 1080 g/mol. The number of likely N-dealkylation sites (N-methyl/N-ethyl adjacent to an activating group) is 2. The number of hydrogen-bond acceptors (Lipinski definition) is 12. The molecular formula is C56H120N2O12P2+2. The lowest BCUT2D eigenvalue weighted by Gasteiger charge is -2.26. The number of nitrogens with zero attached hydrogens (tertiary/aromatic N) is 2. The first-order chi connectivity index (χ1) is 34.5. The van der Waals surface area contributed by atoms with Crippen molar-refractivity contribution in [1.29, 1.82) is 0 Å². The molecule has 0 saturated heterocycles. The molecule has 72 heavy (non-hydrogen) atoms. The van der Waals surface area contributed by atoms with E-state index in [4.69, 9.17) is 37.0 Å². The van der Waals surface area contributed by atoms with Gasteiger partial charge in [-0.3, -0.25) is 0 Å². The lowest BCUT2D eigenvalue weighted by molar-refractivity contribution is -0.870. The van der Waals surface area contributed by atoms with Crippen molar-refractivity contribution in [3.8, 4) is 0 Å². The SMILES string of the molecule is CCCCCCCCCCO[C@H](COCCCCCCCCCCCCCCCCCCCCOC[C@H](CO[P+]([O-])(O)OCC[N+](C)(C)C)OCCCCCCCCCC)CO[P+]([O-])(O)OCC[N+](C)(C)C. The molecule has 0 aliphatic carbocycles. The Morgan fingerprint density at radius 1 is 0.319 bits per heavy atom. The van der Waals surface area contributed by atoms with Crippen molar-refractivity contribution in [1.82, 2.24) is 0 Å². The van der Waals surface area contributed by atoms with Crippen LogP contribution in [-0.2, 0) is 37.0 Å². The summed E-state index contributed by atoms with van der Waals surface area (Å²) in [4.78, 5) is 45.4. The van der Waals surface area contributed by atoms with Gasteiger partial charge < -0.3 is 37.7 Å². The van der Waals surface area contributed by atoms with Gasteiger partial charge in [0.1, 0.15) is 51.7 Å². The molecule has 0 fully saturated rings. The second-order valence-electron chi connectivity index (χ2n) is 22.7. The van der Waals surface area contributed by atoms with Crippen LogP contribution in [-0.4, -0.2) is 152 Å². The maximum atomic E-state index is 12.5. The first kappa shape index (κ1) is 72.3. The number of quaternary nitrogens is 2. The Kier molecular flexibility index (Phi) is 49.8. The minimum absolute atomic E-state index is 0.0260. The van der Waals surface area contributed by atoms with E-state index in [2.05, 4.69) is 13.8 Å². The third kappa shape index (κ3) is 56.5. The zero-order chi connectivity index (χ0) is 53.3. The molecule has 0 aromatic rings. The van der Waals surface area contributed by atoms with Gasteiger partial charge in [0.15, 0.2) is 0 Å². The van der Waals surface area contributed by atoms with E-state index in [9.17, 15) is 19.6 Å². The number of phosphoric acid groups is 2. The van der Waals surface area contributed by atoms with Crippen LogP contribution in [0.1, 0.15) is 232 Å². The molecule has 0 radical (unpaired) electrons. The molecule has 4 atom stereocenters. The Bertz CT molecular complexity index is 1030. The van der Waals surface area contributed by atoms with E-state index in [1.807, 2.05) is 42.3 Å². The first-order valence-electron chi connectivity index (χ1n) is 29.7. The third-order valence-corrected chi connectivity index (χ3v) is 15.0. The van der Waals surface area contributed by atoms with Crippen LogP contribution in [0.25, 0.3) is 0 Å². The Morgan fingerprint density at radius 3 is 0.806 bits per heavy atom. The van der Waals surface area contributed by atoms with Crippen LogP contribution in [0.3, 0.4) is 0 Å². The number of rotatable bonds is 59. The van der Waals surface area contributed by atoms with Gasteiger partial charge in [-0.2, -0.15) is 27.9 Å². The fraction of sp³-hybridized carbons (Fsp3) is 1.00. The van der Waals surface area contributed by atoms with Crippen molar-refractivity contribution >= 4 is 16.3 Å². The molecule has 16 heteroatoms.